The van der Waals surface area contributed by atoms with Crippen molar-refractivity contribution in [3.05, 3.63) is 41.4 Å². The van der Waals surface area contributed by atoms with Crippen molar-refractivity contribution in [1.82, 2.24) is 19.3 Å². The zero-order valence-electron chi connectivity index (χ0n) is 16.3. The van der Waals surface area contributed by atoms with E-state index in [0.29, 0.717) is 28.8 Å². The van der Waals surface area contributed by atoms with Crippen LogP contribution in [-0.2, 0) is 23.1 Å². The van der Waals surface area contributed by atoms with Crippen LogP contribution in [0.15, 0.2) is 34.0 Å². The highest BCUT2D eigenvalue weighted by Gasteiger charge is 2.18. The molecule has 0 amide bonds. The highest BCUT2D eigenvalue weighted by molar-refractivity contribution is 7.99. The number of Topliss-reactive ketones (excluding diaryl/α,β-unsaturated/α-hetero) is 1. The Kier molecular flexibility index (Phi) is 6.03. The summed E-state index contributed by atoms with van der Waals surface area (Å²) in [6.07, 6.45) is 1.57. The normalized spacial score (nSPS) is 11.0. The molecule has 0 aliphatic carbocycles. The molecule has 3 heterocycles. The Bertz CT molecular complexity index is 988. The molecule has 0 aliphatic rings. The molecule has 9 heteroatoms. The van der Waals surface area contributed by atoms with E-state index < -0.39 is 5.97 Å². The van der Waals surface area contributed by atoms with Crippen LogP contribution < -0.4 is 0 Å². The van der Waals surface area contributed by atoms with Gasteiger partial charge in [-0.25, -0.2) is 0 Å². The Morgan fingerprint density at radius 3 is 2.68 bits per heavy atom. The van der Waals surface area contributed by atoms with E-state index in [-0.39, 0.29) is 18.1 Å². The zero-order chi connectivity index (χ0) is 20.3. The number of thioether (sulfide) groups is 1. The van der Waals surface area contributed by atoms with Crippen LogP contribution in [0.1, 0.15) is 28.7 Å². The minimum atomic E-state index is -0.478. The second-order valence-electron chi connectivity index (χ2n) is 6.24. The monoisotopic (exact) mass is 402 g/mol. The van der Waals surface area contributed by atoms with E-state index >= 15 is 0 Å². The van der Waals surface area contributed by atoms with E-state index in [2.05, 4.69) is 10.2 Å². The Morgan fingerprint density at radius 2 is 2.07 bits per heavy atom. The lowest BCUT2D eigenvalue weighted by molar-refractivity contribution is -0.139. The summed E-state index contributed by atoms with van der Waals surface area (Å²) >= 11 is 1.21. The lowest BCUT2D eigenvalue weighted by atomic mass is 10.1. The summed E-state index contributed by atoms with van der Waals surface area (Å²) in [5, 5.41) is 8.84. The van der Waals surface area contributed by atoms with Crippen molar-refractivity contribution in [1.29, 1.82) is 0 Å². The maximum absolute atomic E-state index is 12.3. The molecule has 0 spiro atoms. The van der Waals surface area contributed by atoms with Gasteiger partial charge in [-0.05, 0) is 39.0 Å². The molecule has 0 N–H and O–H groups in total. The van der Waals surface area contributed by atoms with Gasteiger partial charge in [-0.1, -0.05) is 11.8 Å². The van der Waals surface area contributed by atoms with Crippen molar-refractivity contribution < 1.29 is 18.7 Å². The highest BCUT2D eigenvalue weighted by Crippen LogP contribution is 2.24. The fourth-order valence-corrected chi connectivity index (χ4v) is 3.60. The molecule has 0 saturated carbocycles. The minimum Gasteiger partial charge on any atom is -0.461 e. The average molecular weight is 402 g/mol. The smallest absolute Gasteiger partial charge is 0.316 e. The molecule has 3 rings (SSSR count). The van der Waals surface area contributed by atoms with E-state index in [1.807, 2.05) is 37.0 Å². The first-order chi connectivity index (χ1) is 13.4. The third kappa shape index (κ3) is 4.04. The minimum absolute atomic E-state index is 0.0381. The third-order valence-corrected chi connectivity index (χ3v) is 5.47. The number of aromatic nitrogens is 4. The summed E-state index contributed by atoms with van der Waals surface area (Å²) in [6.45, 7) is 6.10. The maximum atomic E-state index is 12.3. The molecule has 0 saturated heterocycles. The van der Waals surface area contributed by atoms with Gasteiger partial charge in [-0.15, -0.1) is 10.2 Å². The van der Waals surface area contributed by atoms with Crippen LogP contribution in [0.2, 0.25) is 0 Å². The van der Waals surface area contributed by atoms with Gasteiger partial charge in [0.1, 0.15) is 0 Å². The van der Waals surface area contributed by atoms with Gasteiger partial charge in [0.25, 0.3) is 0 Å². The molecule has 28 heavy (non-hydrogen) atoms. The van der Waals surface area contributed by atoms with Crippen LogP contribution in [0.3, 0.4) is 0 Å². The first kappa shape index (κ1) is 19.9. The van der Waals surface area contributed by atoms with Gasteiger partial charge >= 0.3 is 5.97 Å². The Morgan fingerprint density at radius 1 is 1.29 bits per heavy atom. The van der Waals surface area contributed by atoms with Crippen molar-refractivity contribution in [2.75, 3.05) is 12.4 Å². The van der Waals surface area contributed by atoms with E-state index in [1.54, 1.807) is 24.5 Å². The summed E-state index contributed by atoms with van der Waals surface area (Å²) < 4.78 is 14.3. The van der Waals surface area contributed by atoms with Gasteiger partial charge < -0.3 is 13.7 Å². The van der Waals surface area contributed by atoms with Gasteiger partial charge in [0, 0.05) is 30.5 Å². The lowest BCUT2D eigenvalue weighted by Gasteiger charge is -2.06. The number of rotatable bonds is 8. The Labute approximate surface area is 166 Å². The summed E-state index contributed by atoms with van der Waals surface area (Å²) in [5.74, 6) is 0.567. The van der Waals surface area contributed by atoms with E-state index in [4.69, 9.17) is 9.15 Å². The Balaban J connectivity index is 1.56. The fraction of sp³-hybridized carbons (Fsp3) is 0.368. The van der Waals surface area contributed by atoms with Crippen LogP contribution >= 0.6 is 11.8 Å². The molecule has 0 aliphatic heterocycles. The molecule has 3 aromatic heterocycles. The molecule has 8 nitrogen and oxygen atoms in total. The maximum Gasteiger partial charge on any atom is 0.316 e. The number of carbonyl (C=O) groups excluding carboxylic acids is 2. The standard InChI is InChI=1S/C19H22N4O4S/c1-5-23-18(16-7-6-8-26-16)20-21-19(23)28-11-17(25)27-10-15(24)14-9-12(2)22(4)13(14)3/h6-9H,5,10-11H2,1-4H3. The second-order valence-corrected chi connectivity index (χ2v) is 7.19. The van der Waals surface area contributed by atoms with Crippen molar-refractivity contribution >= 4 is 23.5 Å². The fourth-order valence-electron chi connectivity index (χ4n) is 2.80. The summed E-state index contributed by atoms with van der Waals surface area (Å²) in [4.78, 5) is 24.4. The van der Waals surface area contributed by atoms with Gasteiger partial charge in [0.2, 0.25) is 5.78 Å². The summed E-state index contributed by atoms with van der Waals surface area (Å²) in [7, 11) is 1.89. The predicted octanol–water partition coefficient (Wildman–Crippen LogP) is 3.03. The van der Waals surface area contributed by atoms with Gasteiger partial charge in [-0.2, -0.15) is 0 Å². The molecular weight excluding hydrogens is 380 g/mol. The molecule has 0 bridgehead atoms. The number of nitrogens with zero attached hydrogens (tertiary/aromatic N) is 4. The quantitative estimate of drug-likeness (QED) is 0.325. The predicted molar refractivity (Wildman–Crippen MR) is 104 cm³/mol. The molecule has 148 valence electrons. The first-order valence-corrected chi connectivity index (χ1v) is 9.82. The number of esters is 1. The Hall–Kier alpha value is -2.81. The van der Waals surface area contributed by atoms with E-state index in [1.165, 1.54) is 11.8 Å². The first-order valence-electron chi connectivity index (χ1n) is 8.84. The van der Waals surface area contributed by atoms with Gasteiger partial charge in [-0.3, -0.25) is 14.2 Å². The van der Waals surface area contributed by atoms with Crippen molar-refractivity contribution in [3.63, 3.8) is 0 Å². The number of furan rings is 1. The zero-order valence-corrected chi connectivity index (χ0v) is 17.1. The molecule has 0 fully saturated rings. The average Bonchev–Trinajstić information content (AvgIpc) is 3.40. The number of hydrogen-bond donors (Lipinski definition) is 0. The van der Waals surface area contributed by atoms with Crippen molar-refractivity contribution in [3.8, 4) is 11.6 Å². The number of aryl methyl sites for hydroxylation is 1. The number of hydrogen-bond acceptors (Lipinski definition) is 7. The molecule has 0 atom stereocenters. The van der Waals surface area contributed by atoms with Gasteiger partial charge in [0.15, 0.2) is 23.3 Å². The van der Waals surface area contributed by atoms with E-state index in [9.17, 15) is 9.59 Å². The molecule has 0 radical (unpaired) electrons. The SMILES string of the molecule is CCn1c(SCC(=O)OCC(=O)c2cc(C)n(C)c2C)nnc1-c1ccco1. The van der Waals surface area contributed by atoms with Crippen LogP contribution in [-0.4, -0.2) is 43.4 Å². The number of carbonyl (C=O) groups is 2. The number of ether oxygens (including phenoxy) is 1. The van der Waals surface area contributed by atoms with E-state index in [0.717, 1.165) is 11.4 Å². The molecule has 0 aromatic carbocycles. The van der Waals surface area contributed by atoms with Crippen molar-refractivity contribution in [2.45, 2.75) is 32.5 Å². The van der Waals surface area contributed by atoms with Crippen LogP contribution in [0.4, 0.5) is 0 Å². The largest absolute Gasteiger partial charge is 0.461 e. The molecular formula is C19H22N4O4S. The lowest BCUT2D eigenvalue weighted by Crippen LogP contribution is -2.16. The second kappa shape index (κ2) is 8.47. The molecule has 0 unspecified atom stereocenters. The molecule has 3 aromatic rings. The number of ketones is 1. The highest BCUT2D eigenvalue weighted by atomic mass is 32.2. The van der Waals surface area contributed by atoms with Crippen LogP contribution in [0.5, 0.6) is 0 Å². The summed E-state index contributed by atoms with van der Waals surface area (Å²) in [6, 6.07) is 5.39. The summed E-state index contributed by atoms with van der Waals surface area (Å²) in [5.41, 5.74) is 2.41. The van der Waals surface area contributed by atoms with Crippen LogP contribution in [0, 0.1) is 13.8 Å². The third-order valence-electron chi connectivity index (χ3n) is 4.53. The topological polar surface area (TPSA) is 92.2 Å². The van der Waals surface area contributed by atoms with Crippen molar-refractivity contribution in [2.24, 2.45) is 7.05 Å². The van der Waals surface area contributed by atoms with Crippen LogP contribution in [0.25, 0.3) is 11.6 Å². The van der Waals surface area contributed by atoms with Gasteiger partial charge in [0.05, 0.1) is 12.0 Å².